The third-order valence-electron chi connectivity index (χ3n) is 5.83. The Balaban J connectivity index is 1.61. The Labute approximate surface area is 191 Å². The van der Waals surface area contributed by atoms with Gasteiger partial charge in [-0.05, 0) is 71.9 Å². The number of allylic oxidation sites excluding steroid dienone is 5. The summed E-state index contributed by atoms with van der Waals surface area (Å²) in [5.74, 6) is 0. The van der Waals surface area contributed by atoms with Crippen molar-refractivity contribution >= 4 is 23.1 Å². The molecule has 0 fully saturated rings. The average Bonchev–Trinajstić information content (AvgIpc) is 2.80. The second-order valence-electron chi connectivity index (χ2n) is 9.19. The third kappa shape index (κ3) is 5.27. The van der Waals surface area contributed by atoms with Gasteiger partial charge >= 0.3 is 0 Å². The van der Waals surface area contributed by atoms with Crippen LogP contribution in [0.5, 0.6) is 0 Å². The molecule has 0 amide bonds. The summed E-state index contributed by atoms with van der Waals surface area (Å²) >= 11 is 0. The van der Waals surface area contributed by atoms with Crippen molar-refractivity contribution in [2.75, 3.05) is 4.90 Å². The van der Waals surface area contributed by atoms with Crippen molar-refractivity contribution < 1.29 is 5.11 Å². The number of rotatable bonds is 6. The summed E-state index contributed by atoms with van der Waals surface area (Å²) in [7, 11) is 0. The minimum Gasteiger partial charge on any atom is -0.392 e. The van der Waals surface area contributed by atoms with E-state index in [1.165, 1.54) is 16.7 Å². The Morgan fingerprint density at radius 2 is 1.38 bits per heavy atom. The predicted octanol–water partition coefficient (Wildman–Crippen LogP) is 7.88. The summed E-state index contributed by atoms with van der Waals surface area (Å²) in [6, 6.07) is 25.3. The smallest absolute Gasteiger partial charge is 0.0681 e. The molecule has 0 heterocycles. The van der Waals surface area contributed by atoms with E-state index in [0.29, 0.717) is 0 Å². The van der Waals surface area contributed by atoms with Gasteiger partial charge in [0.05, 0.1) is 6.61 Å². The highest BCUT2D eigenvalue weighted by atomic mass is 16.3. The molecule has 162 valence electrons. The fourth-order valence-electron chi connectivity index (χ4n) is 4.02. The van der Waals surface area contributed by atoms with Gasteiger partial charge in [0.1, 0.15) is 0 Å². The second kappa shape index (κ2) is 9.42. The lowest BCUT2D eigenvalue weighted by molar-refractivity contribution is 0.282. The van der Waals surface area contributed by atoms with Gasteiger partial charge in [-0.15, -0.1) is 0 Å². The molecule has 0 saturated heterocycles. The highest BCUT2D eigenvalue weighted by molar-refractivity contribution is 5.77. The van der Waals surface area contributed by atoms with Crippen molar-refractivity contribution in [2.24, 2.45) is 5.41 Å². The van der Waals surface area contributed by atoms with Crippen LogP contribution in [0.15, 0.2) is 103 Å². The third-order valence-corrected chi connectivity index (χ3v) is 5.83. The van der Waals surface area contributed by atoms with E-state index in [1.807, 2.05) is 12.1 Å². The van der Waals surface area contributed by atoms with E-state index in [4.69, 9.17) is 0 Å². The summed E-state index contributed by atoms with van der Waals surface area (Å²) in [5, 5.41) is 9.41. The minimum atomic E-state index is 0.0508. The Morgan fingerprint density at radius 3 is 1.94 bits per heavy atom. The molecule has 0 aromatic heterocycles. The first-order valence-electron chi connectivity index (χ1n) is 11.2. The van der Waals surface area contributed by atoms with Crippen LogP contribution in [0.1, 0.15) is 37.0 Å². The predicted molar refractivity (Wildman–Crippen MR) is 136 cm³/mol. The van der Waals surface area contributed by atoms with Gasteiger partial charge in [-0.2, -0.15) is 0 Å². The van der Waals surface area contributed by atoms with Crippen molar-refractivity contribution in [3.8, 4) is 0 Å². The number of anilines is 3. The number of aliphatic hydroxyl groups excluding tert-OH is 1. The van der Waals surface area contributed by atoms with Crippen LogP contribution in [0.25, 0.3) is 6.08 Å². The van der Waals surface area contributed by atoms with Crippen molar-refractivity contribution in [1.29, 1.82) is 0 Å². The van der Waals surface area contributed by atoms with Crippen LogP contribution in [0.4, 0.5) is 17.1 Å². The van der Waals surface area contributed by atoms with Crippen LogP contribution in [-0.4, -0.2) is 5.11 Å². The molecule has 0 spiro atoms. The number of hydrogen-bond acceptors (Lipinski definition) is 2. The second-order valence-corrected chi connectivity index (χ2v) is 9.19. The van der Waals surface area contributed by atoms with Gasteiger partial charge in [0, 0.05) is 17.1 Å². The van der Waals surface area contributed by atoms with E-state index in [9.17, 15) is 5.11 Å². The lowest BCUT2D eigenvalue weighted by Crippen LogP contribution is -2.10. The number of aryl methyl sites for hydroxylation is 1. The van der Waals surface area contributed by atoms with Crippen LogP contribution in [-0.2, 0) is 6.61 Å². The first-order chi connectivity index (χ1) is 15.4. The van der Waals surface area contributed by atoms with Crippen molar-refractivity contribution in [3.63, 3.8) is 0 Å². The van der Waals surface area contributed by atoms with E-state index in [2.05, 4.69) is 117 Å². The molecule has 2 nitrogen and oxygen atoms in total. The van der Waals surface area contributed by atoms with Gasteiger partial charge in [-0.3, -0.25) is 0 Å². The van der Waals surface area contributed by atoms with Crippen LogP contribution in [0, 0.1) is 12.3 Å². The highest BCUT2D eigenvalue weighted by Gasteiger charge is 2.17. The van der Waals surface area contributed by atoms with E-state index in [0.717, 1.165) is 29.0 Å². The number of aliphatic hydroxyl groups is 1. The molecule has 1 aliphatic carbocycles. The zero-order valence-corrected chi connectivity index (χ0v) is 19.1. The standard InChI is InChI=1S/C30H31NO/c1-23-6-14-27(15-7-23)31(29-18-12-26(22-32)13-19-29)28-16-10-24(11-17-28)8-9-25-5-4-20-30(2,3)21-25/h4-20,32H,21-22H2,1-3H3. The fourth-order valence-corrected chi connectivity index (χ4v) is 4.02. The van der Waals surface area contributed by atoms with Gasteiger partial charge in [-0.25, -0.2) is 0 Å². The molecule has 0 radical (unpaired) electrons. The van der Waals surface area contributed by atoms with Gasteiger partial charge in [-0.1, -0.05) is 86.2 Å². The molecule has 1 N–H and O–H groups in total. The van der Waals surface area contributed by atoms with Crippen LogP contribution >= 0.6 is 0 Å². The molecule has 4 rings (SSSR count). The highest BCUT2D eigenvalue weighted by Crippen LogP contribution is 2.35. The molecule has 0 bridgehead atoms. The lowest BCUT2D eigenvalue weighted by atomic mass is 9.82. The largest absolute Gasteiger partial charge is 0.392 e. The van der Waals surface area contributed by atoms with E-state index in [1.54, 1.807) is 0 Å². The van der Waals surface area contributed by atoms with Gasteiger partial charge in [0.15, 0.2) is 0 Å². The molecule has 1 aliphatic rings. The van der Waals surface area contributed by atoms with Crippen molar-refractivity contribution in [1.82, 2.24) is 0 Å². The maximum Gasteiger partial charge on any atom is 0.0681 e. The number of nitrogens with zero attached hydrogens (tertiary/aromatic N) is 1. The summed E-state index contributed by atoms with van der Waals surface area (Å²) in [6.07, 6.45) is 12.1. The molecule has 0 aliphatic heterocycles. The molecule has 32 heavy (non-hydrogen) atoms. The quantitative estimate of drug-likeness (QED) is 0.437. The number of benzene rings is 3. The van der Waals surface area contributed by atoms with Crippen LogP contribution < -0.4 is 4.90 Å². The molecule has 0 atom stereocenters. The maximum atomic E-state index is 9.41. The average molecular weight is 422 g/mol. The topological polar surface area (TPSA) is 23.5 Å². The van der Waals surface area contributed by atoms with Gasteiger partial charge < -0.3 is 10.0 Å². The molecular weight excluding hydrogens is 390 g/mol. The Kier molecular flexibility index (Phi) is 6.43. The molecule has 0 saturated carbocycles. The first-order valence-corrected chi connectivity index (χ1v) is 11.2. The van der Waals surface area contributed by atoms with E-state index < -0.39 is 0 Å². The van der Waals surface area contributed by atoms with E-state index in [-0.39, 0.29) is 12.0 Å². The summed E-state index contributed by atoms with van der Waals surface area (Å²) in [6.45, 7) is 6.69. The Hall–Kier alpha value is -3.36. The number of hydrogen-bond donors (Lipinski definition) is 1. The molecule has 0 unspecified atom stereocenters. The summed E-state index contributed by atoms with van der Waals surface area (Å²) in [4.78, 5) is 2.24. The van der Waals surface area contributed by atoms with Crippen LogP contribution in [0.2, 0.25) is 0 Å². The minimum absolute atomic E-state index is 0.0508. The zero-order valence-electron chi connectivity index (χ0n) is 19.1. The molecule has 2 heteroatoms. The monoisotopic (exact) mass is 421 g/mol. The fraction of sp³-hybridized carbons (Fsp3) is 0.200. The molecule has 3 aromatic carbocycles. The molecule has 3 aromatic rings. The molecular formula is C30H31NO. The zero-order chi connectivity index (χ0) is 22.6. The van der Waals surface area contributed by atoms with Gasteiger partial charge in [0.2, 0.25) is 0 Å². The van der Waals surface area contributed by atoms with Crippen molar-refractivity contribution in [2.45, 2.75) is 33.8 Å². The summed E-state index contributed by atoms with van der Waals surface area (Å²) in [5.41, 5.74) is 8.18. The van der Waals surface area contributed by atoms with Crippen LogP contribution in [0.3, 0.4) is 0 Å². The van der Waals surface area contributed by atoms with Gasteiger partial charge in [0.25, 0.3) is 0 Å². The van der Waals surface area contributed by atoms with Crippen molar-refractivity contribution in [3.05, 3.63) is 119 Å². The normalized spacial score (nSPS) is 15.1. The SMILES string of the molecule is Cc1ccc(N(c2ccc(C=CC3=CC=CC(C)(C)C3)cc2)c2ccc(CO)cc2)cc1. The Morgan fingerprint density at radius 1 is 0.812 bits per heavy atom. The van der Waals surface area contributed by atoms with E-state index >= 15 is 0 Å². The first kappa shape index (κ1) is 21.9. The lowest BCUT2D eigenvalue weighted by Gasteiger charge is -2.26. The Bertz CT molecular complexity index is 1130. The maximum absolute atomic E-state index is 9.41. The summed E-state index contributed by atoms with van der Waals surface area (Å²) < 4.78 is 0.